The van der Waals surface area contributed by atoms with Crippen LogP contribution in [0.5, 0.6) is 0 Å². The van der Waals surface area contributed by atoms with Crippen molar-refractivity contribution < 1.29 is 4.39 Å². The molecule has 2 aromatic rings. The third-order valence-electron chi connectivity index (χ3n) is 3.66. The molecule has 2 nitrogen and oxygen atoms in total. The number of aromatic nitrogens is 1. The van der Waals surface area contributed by atoms with Crippen LogP contribution in [0.25, 0.3) is 0 Å². The highest BCUT2D eigenvalue weighted by atomic mass is 32.1. The van der Waals surface area contributed by atoms with Crippen LogP contribution in [0, 0.1) is 12.7 Å². The van der Waals surface area contributed by atoms with Crippen LogP contribution in [0.1, 0.15) is 37.4 Å². The second-order valence-electron chi connectivity index (χ2n) is 5.06. The van der Waals surface area contributed by atoms with Crippen LogP contribution >= 0.6 is 11.3 Å². The van der Waals surface area contributed by atoms with Gasteiger partial charge in [0.2, 0.25) is 0 Å². The molecule has 3 rings (SSSR count). The first-order valence-electron chi connectivity index (χ1n) is 6.71. The lowest BCUT2D eigenvalue weighted by atomic mass is 10.2. The van der Waals surface area contributed by atoms with E-state index in [4.69, 9.17) is 0 Å². The minimum Gasteiger partial charge on any atom is -0.318 e. The van der Waals surface area contributed by atoms with E-state index in [2.05, 4.69) is 21.9 Å². The second kappa shape index (κ2) is 5.29. The summed E-state index contributed by atoms with van der Waals surface area (Å²) in [5, 5.41) is 2.15. The van der Waals surface area contributed by atoms with Crippen molar-refractivity contribution >= 4 is 17.0 Å². The second-order valence-corrected chi connectivity index (χ2v) is 5.89. The lowest BCUT2D eigenvalue weighted by Gasteiger charge is -2.13. The number of halogens is 1. The summed E-state index contributed by atoms with van der Waals surface area (Å²) in [5.41, 5.74) is 2.09. The van der Waals surface area contributed by atoms with Gasteiger partial charge in [-0.05, 0) is 44.0 Å². The van der Waals surface area contributed by atoms with Crippen molar-refractivity contribution in [3.8, 4) is 0 Å². The van der Waals surface area contributed by atoms with E-state index in [1.807, 2.05) is 0 Å². The van der Waals surface area contributed by atoms with Gasteiger partial charge in [0.15, 0.2) is 4.80 Å². The number of hydrogen-bond acceptors (Lipinski definition) is 2. The number of thiazole rings is 1. The number of hydrogen-bond donors (Lipinski definition) is 0. The van der Waals surface area contributed by atoms with E-state index in [0.29, 0.717) is 6.04 Å². The molecule has 100 valence electrons. The minimum atomic E-state index is -0.218. The first-order valence-corrected chi connectivity index (χ1v) is 7.59. The standard InChI is InChI=1S/C15H17FN2S/c1-11-10-19-15(18(11)14-4-2-3-5-14)17-13-8-6-12(16)7-9-13/h6-10,14H,2-5H2,1H3. The largest absolute Gasteiger partial charge is 0.318 e. The molecule has 0 bridgehead atoms. The number of rotatable bonds is 2. The van der Waals surface area contributed by atoms with Crippen molar-refractivity contribution in [2.45, 2.75) is 38.6 Å². The summed E-state index contributed by atoms with van der Waals surface area (Å²) in [6.45, 7) is 2.14. The van der Waals surface area contributed by atoms with E-state index in [9.17, 15) is 4.39 Å². The third-order valence-corrected chi connectivity index (χ3v) is 4.62. The molecule has 19 heavy (non-hydrogen) atoms. The van der Waals surface area contributed by atoms with Crippen molar-refractivity contribution in [1.82, 2.24) is 4.57 Å². The topological polar surface area (TPSA) is 17.3 Å². The Bertz CT molecular complexity index is 618. The van der Waals surface area contributed by atoms with E-state index in [1.165, 1.54) is 43.5 Å². The summed E-state index contributed by atoms with van der Waals surface area (Å²) in [5.74, 6) is -0.218. The number of aryl methyl sites for hydroxylation is 1. The molecule has 0 N–H and O–H groups in total. The SMILES string of the molecule is Cc1csc(=Nc2ccc(F)cc2)n1C1CCCC1. The maximum absolute atomic E-state index is 12.9. The zero-order valence-corrected chi connectivity index (χ0v) is 11.8. The molecular weight excluding hydrogens is 259 g/mol. The summed E-state index contributed by atoms with van der Waals surface area (Å²) in [6, 6.07) is 6.95. The molecule has 1 fully saturated rings. The smallest absolute Gasteiger partial charge is 0.190 e. The van der Waals surface area contributed by atoms with Crippen LogP contribution in [0.2, 0.25) is 0 Å². The Morgan fingerprint density at radius 1 is 1.21 bits per heavy atom. The molecule has 1 aromatic heterocycles. The highest BCUT2D eigenvalue weighted by molar-refractivity contribution is 7.07. The van der Waals surface area contributed by atoms with Crippen molar-refractivity contribution in [2.24, 2.45) is 4.99 Å². The van der Waals surface area contributed by atoms with Crippen LogP contribution in [0.3, 0.4) is 0 Å². The molecule has 0 atom stereocenters. The van der Waals surface area contributed by atoms with E-state index in [0.717, 1.165) is 10.5 Å². The summed E-state index contributed by atoms with van der Waals surface area (Å²) >= 11 is 1.66. The molecular formula is C15H17FN2S. The molecule has 0 amide bonds. The predicted octanol–water partition coefficient (Wildman–Crippen LogP) is 4.34. The maximum Gasteiger partial charge on any atom is 0.190 e. The summed E-state index contributed by atoms with van der Waals surface area (Å²) < 4.78 is 15.3. The summed E-state index contributed by atoms with van der Waals surface area (Å²) in [4.78, 5) is 5.69. The molecule has 0 saturated heterocycles. The third kappa shape index (κ3) is 2.63. The van der Waals surface area contributed by atoms with Crippen molar-refractivity contribution in [3.05, 3.63) is 46.0 Å². The van der Waals surface area contributed by atoms with Gasteiger partial charge in [0, 0.05) is 17.1 Å². The van der Waals surface area contributed by atoms with Gasteiger partial charge in [-0.25, -0.2) is 9.38 Å². The van der Waals surface area contributed by atoms with Gasteiger partial charge in [-0.1, -0.05) is 12.8 Å². The van der Waals surface area contributed by atoms with Crippen LogP contribution in [-0.2, 0) is 0 Å². The minimum absolute atomic E-state index is 0.218. The Kier molecular flexibility index (Phi) is 3.51. The van der Waals surface area contributed by atoms with E-state index in [-0.39, 0.29) is 5.82 Å². The van der Waals surface area contributed by atoms with Crippen LogP contribution < -0.4 is 4.80 Å². The van der Waals surface area contributed by atoms with Crippen molar-refractivity contribution in [1.29, 1.82) is 0 Å². The number of nitrogens with zero attached hydrogens (tertiary/aromatic N) is 2. The van der Waals surface area contributed by atoms with Crippen molar-refractivity contribution in [2.75, 3.05) is 0 Å². The van der Waals surface area contributed by atoms with Crippen LogP contribution in [0.4, 0.5) is 10.1 Å². The molecule has 0 aliphatic heterocycles. The Balaban J connectivity index is 2.02. The molecule has 0 radical (unpaired) electrons. The zero-order chi connectivity index (χ0) is 13.2. The van der Waals surface area contributed by atoms with Gasteiger partial charge >= 0.3 is 0 Å². The normalized spacial score (nSPS) is 17.3. The van der Waals surface area contributed by atoms with Crippen LogP contribution in [-0.4, -0.2) is 4.57 Å². The Morgan fingerprint density at radius 3 is 2.58 bits per heavy atom. The fraction of sp³-hybridized carbons (Fsp3) is 0.400. The maximum atomic E-state index is 12.9. The van der Waals surface area contributed by atoms with E-state index >= 15 is 0 Å². The van der Waals surface area contributed by atoms with Gasteiger partial charge in [0.25, 0.3) is 0 Å². The number of benzene rings is 1. The molecule has 1 aliphatic carbocycles. The first kappa shape index (κ1) is 12.6. The predicted molar refractivity (Wildman–Crippen MR) is 76.2 cm³/mol. The molecule has 1 aromatic carbocycles. The summed E-state index contributed by atoms with van der Waals surface area (Å²) in [6.07, 6.45) is 5.11. The average molecular weight is 276 g/mol. The first-order chi connectivity index (χ1) is 9.24. The average Bonchev–Trinajstić information content (AvgIpc) is 3.02. The molecule has 1 aliphatic rings. The zero-order valence-electron chi connectivity index (χ0n) is 11.0. The highest BCUT2D eigenvalue weighted by Gasteiger charge is 2.19. The Morgan fingerprint density at radius 2 is 1.89 bits per heavy atom. The summed E-state index contributed by atoms with van der Waals surface area (Å²) in [7, 11) is 0. The van der Waals surface area contributed by atoms with Gasteiger partial charge in [0.1, 0.15) is 5.82 Å². The van der Waals surface area contributed by atoms with E-state index in [1.54, 1.807) is 23.5 Å². The van der Waals surface area contributed by atoms with Crippen LogP contribution in [0.15, 0.2) is 34.6 Å². The van der Waals surface area contributed by atoms with Crippen molar-refractivity contribution in [3.63, 3.8) is 0 Å². The quantitative estimate of drug-likeness (QED) is 0.776. The molecule has 0 unspecified atom stereocenters. The monoisotopic (exact) mass is 276 g/mol. The molecule has 1 saturated carbocycles. The molecule has 1 heterocycles. The van der Waals surface area contributed by atoms with Gasteiger partial charge in [0.05, 0.1) is 5.69 Å². The molecule has 4 heteroatoms. The Labute approximate surface area is 116 Å². The van der Waals surface area contributed by atoms with Gasteiger partial charge in [-0.2, -0.15) is 0 Å². The van der Waals surface area contributed by atoms with Gasteiger partial charge in [-0.3, -0.25) is 0 Å². The fourth-order valence-electron chi connectivity index (χ4n) is 2.72. The lowest BCUT2D eigenvalue weighted by molar-refractivity contribution is 0.496. The molecule has 0 spiro atoms. The highest BCUT2D eigenvalue weighted by Crippen LogP contribution is 2.29. The fourth-order valence-corrected chi connectivity index (χ4v) is 3.67. The van der Waals surface area contributed by atoms with Gasteiger partial charge in [-0.15, -0.1) is 11.3 Å². The van der Waals surface area contributed by atoms with E-state index < -0.39 is 0 Å². The lowest BCUT2D eigenvalue weighted by Crippen LogP contribution is -2.20. The van der Waals surface area contributed by atoms with Gasteiger partial charge < -0.3 is 4.57 Å². The Hall–Kier alpha value is -1.42.